The molecule has 1 aromatic rings. The lowest BCUT2D eigenvalue weighted by atomic mass is 9.95. The fourth-order valence-electron chi connectivity index (χ4n) is 1.86. The Morgan fingerprint density at radius 1 is 1.26 bits per heavy atom. The van der Waals surface area contributed by atoms with Gasteiger partial charge >= 0.3 is 5.97 Å². The Morgan fingerprint density at radius 2 is 1.83 bits per heavy atom. The predicted molar refractivity (Wildman–Crippen MR) is 91.5 cm³/mol. The van der Waals surface area contributed by atoms with Crippen LogP contribution in [0.3, 0.4) is 0 Å². The molecule has 2 rings (SSSR count). The van der Waals surface area contributed by atoms with Crippen LogP contribution in [-0.4, -0.2) is 34.4 Å². The number of carbonyl (C=O) groups is 2. The average Bonchev–Trinajstić information content (AvgIpc) is 2.87. The van der Waals surface area contributed by atoms with E-state index in [4.69, 9.17) is 4.74 Å². The third-order valence-electron chi connectivity index (χ3n) is 3.24. The molecule has 0 fully saturated rings. The lowest BCUT2D eigenvalue weighted by molar-refractivity contribution is -0.143. The first kappa shape index (κ1) is 18.2. The average molecular weight is 355 g/mol. The molecule has 23 heavy (non-hydrogen) atoms. The molecule has 2 N–H and O–H groups in total. The largest absolute Gasteiger partial charge is 0.480 e. The van der Waals surface area contributed by atoms with Gasteiger partial charge in [0.2, 0.25) is 5.91 Å². The molecule has 1 aliphatic rings. The van der Waals surface area contributed by atoms with Gasteiger partial charge < -0.3 is 15.2 Å². The molecule has 7 heteroatoms. The SMILES string of the molecule is CC(C)(C)C(=O)NC(CCOC1Sc2ccccc2S1)C(=O)O. The van der Waals surface area contributed by atoms with Crippen LogP contribution in [0.5, 0.6) is 0 Å². The van der Waals surface area contributed by atoms with Crippen molar-refractivity contribution in [3.63, 3.8) is 0 Å². The number of carboxylic acids is 1. The fraction of sp³-hybridized carbons (Fsp3) is 0.500. The number of benzene rings is 1. The van der Waals surface area contributed by atoms with E-state index >= 15 is 0 Å². The van der Waals surface area contributed by atoms with Crippen molar-refractivity contribution in [2.45, 2.75) is 47.8 Å². The number of carboxylic acid groups (broad SMARTS) is 1. The summed E-state index contributed by atoms with van der Waals surface area (Å²) in [6.45, 7) is 5.53. The molecule has 1 atom stereocenters. The van der Waals surface area contributed by atoms with Crippen LogP contribution < -0.4 is 5.32 Å². The van der Waals surface area contributed by atoms with Crippen molar-refractivity contribution in [2.75, 3.05) is 6.61 Å². The highest BCUT2D eigenvalue weighted by Crippen LogP contribution is 2.47. The van der Waals surface area contributed by atoms with Crippen molar-refractivity contribution >= 4 is 35.4 Å². The summed E-state index contributed by atoms with van der Waals surface area (Å²) >= 11 is 3.24. The number of aliphatic carboxylic acids is 1. The molecule has 5 nitrogen and oxygen atoms in total. The predicted octanol–water partition coefficient (Wildman–Crippen LogP) is 3.19. The Kier molecular flexibility index (Phi) is 6.00. The van der Waals surface area contributed by atoms with Crippen molar-refractivity contribution in [2.24, 2.45) is 5.41 Å². The maximum absolute atomic E-state index is 11.9. The first-order valence-corrected chi connectivity index (χ1v) is 9.11. The molecule has 0 radical (unpaired) electrons. The number of fused-ring (bicyclic) bond motifs is 1. The van der Waals surface area contributed by atoms with Crippen LogP contribution in [0.4, 0.5) is 0 Å². The zero-order valence-corrected chi connectivity index (χ0v) is 15.0. The van der Waals surface area contributed by atoms with E-state index in [1.807, 2.05) is 24.3 Å². The first-order valence-electron chi connectivity index (χ1n) is 7.35. The van der Waals surface area contributed by atoms with Gasteiger partial charge in [0.05, 0.1) is 6.61 Å². The monoisotopic (exact) mass is 355 g/mol. The van der Waals surface area contributed by atoms with Crippen molar-refractivity contribution in [1.82, 2.24) is 5.32 Å². The van der Waals surface area contributed by atoms with Crippen LogP contribution in [0.25, 0.3) is 0 Å². The molecule has 0 aromatic heterocycles. The second-order valence-corrected chi connectivity index (χ2v) is 8.75. The molecule has 1 heterocycles. The van der Waals surface area contributed by atoms with Gasteiger partial charge in [-0.1, -0.05) is 56.4 Å². The van der Waals surface area contributed by atoms with Crippen molar-refractivity contribution in [3.05, 3.63) is 24.3 Å². The third kappa shape index (κ3) is 5.16. The molecule has 0 aliphatic carbocycles. The number of hydrogen-bond donors (Lipinski definition) is 2. The number of ether oxygens (including phenoxy) is 1. The zero-order valence-electron chi connectivity index (χ0n) is 13.4. The summed E-state index contributed by atoms with van der Waals surface area (Å²) in [5, 5.41) is 11.8. The maximum atomic E-state index is 11.9. The quantitative estimate of drug-likeness (QED) is 0.816. The van der Waals surface area contributed by atoms with Crippen LogP contribution in [0.2, 0.25) is 0 Å². The lowest BCUT2D eigenvalue weighted by Crippen LogP contribution is -2.46. The Morgan fingerprint density at radius 3 is 2.30 bits per heavy atom. The van der Waals surface area contributed by atoms with Crippen LogP contribution in [0.15, 0.2) is 34.1 Å². The highest BCUT2D eigenvalue weighted by Gasteiger charge is 2.28. The number of amides is 1. The van der Waals surface area contributed by atoms with E-state index in [9.17, 15) is 14.7 Å². The fourth-order valence-corrected chi connectivity index (χ4v) is 4.39. The molecule has 0 saturated carbocycles. The molecule has 0 saturated heterocycles. The second-order valence-electron chi connectivity index (χ2n) is 6.24. The summed E-state index contributed by atoms with van der Waals surface area (Å²) in [7, 11) is 0. The smallest absolute Gasteiger partial charge is 0.326 e. The molecule has 1 amide bonds. The number of nitrogens with one attached hydrogen (secondary N) is 1. The second kappa shape index (κ2) is 7.59. The van der Waals surface area contributed by atoms with Crippen molar-refractivity contribution in [1.29, 1.82) is 0 Å². The Balaban J connectivity index is 1.80. The Bertz CT molecular complexity index is 561. The highest BCUT2D eigenvalue weighted by atomic mass is 32.2. The van der Waals surface area contributed by atoms with Gasteiger partial charge in [0.1, 0.15) is 6.04 Å². The van der Waals surface area contributed by atoms with E-state index in [1.165, 1.54) is 9.79 Å². The van der Waals surface area contributed by atoms with Crippen LogP contribution in [0.1, 0.15) is 27.2 Å². The Labute approximate surface area is 144 Å². The lowest BCUT2D eigenvalue weighted by Gasteiger charge is -2.22. The van der Waals surface area contributed by atoms with Gasteiger partial charge in [-0.3, -0.25) is 4.79 Å². The van der Waals surface area contributed by atoms with Crippen LogP contribution >= 0.6 is 23.5 Å². The number of thioether (sulfide) groups is 2. The Hall–Kier alpha value is -1.18. The number of carbonyl (C=O) groups excluding carboxylic acids is 1. The minimum absolute atomic E-state index is 0.0693. The van der Waals surface area contributed by atoms with Gasteiger partial charge in [-0.05, 0) is 12.1 Å². The van der Waals surface area contributed by atoms with Crippen LogP contribution in [0, 0.1) is 5.41 Å². The van der Waals surface area contributed by atoms with E-state index in [0.717, 1.165) is 0 Å². The molecule has 1 unspecified atom stereocenters. The van der Waals surface area contributed by atoms with Gasteiger partial charge in [-0.25, -0.2) is 4.79 Å². The third-order valence-corrected chi connectivity index (χ3v) is 5.82. The van der Waals surface area contributed by atoms with Gasteiger partial charge in [0.25, 0.3) is 0 Å². The van der Waals surface area contributed by atoms with Gasteiger partial charge in [0.15, 0.2) is 4.77 Å². The molecular formula is C16H21NO4S2. The van der Waals surface area contributed by atoms with Crippen molar-refractivity contribution < 1.29 is 19.4 Å². The molecule has 1 aliphatic heterocycles. The summed E-state index contributed by atoms with van der Waals surface area (Å²) in [5.74, 6) is -1.32. The van der Waals surface area contributed by atoms with E-state index in [2.05, 4.69) is 5.32 Å². The molecule has 1 aromatic carbocycles. The van der Waals surface area contributed by atoms with E-state index < -0.39 is 17.4 Å². The molecule has 0 bridgehead atoms. The molecular weight excluding hydrogens is 334 g/mol. The van der Waals surface area contributed by atoms with Gasteiger partial charge in [-0.2, -0.15) is 0 Å². The molecule has 0 spiro atoms. The summed E-state index contributed by atoms with van der Waals surface area (Å²) in [4.78, 5) is 25.6. The minimum Gasteiger partial charge on any atom is -0.480 e. The maximum Gasteiger partial charge on any atom is 0.326 e. The normalized spacial score (nSPS) is 16.0. The summed E-state index contributed by atoms with van der Waals surface area (Å²) in [6, 6.07) is 7.12. The number of hydrogen-bond acceptors (Lipinski definition) is 5. The first-order chi connectivity index (χ1) is 10.8. The minimum atomic E-state index is -1.04. The van der Waals surface area contributed by atoms with Gasteiger partial charge in [-0.15, -0.1) is 0 Å². The summed E-state index contributed by atoms with van der Waals surface area (Å²) in [6.07, 6.45) is 0.241. The summed E-state index contributed by atoms with van der Waals surface area (Å²) in [5.41, 5.74) is -0.618. The molecule has 126 valence electrons. The van der Waals surface area contributed by atoms with E-state index in [-0.39, 0.29) is 23.7 Å². The van der Waals surface area contributed by atoms with Crippen LogP contribution in [-0.2, 0) is 14.3 Å². The highest BCUT2D eigenvalue weighted by molar-refractivity contribution is 8.19. The van der Waals surface area contributed by atoms with E-state index in [1.54, 1.807) is 44.3 Å². The number of rotatable bonds is 6. The van der Waals surface area contributed by atoms with Gasteiger partial charge in [0, 0.05) is 21.6 Å². The van der Waals surface area contributed by atoms with E-state index in [0.29, 0.717) is 0 Å². The topological polar surface area (TPSA) is 75.6 Å². The zero-order chi connectivity index (χ0) is 17.0. The van der Waals surface area contributed by atoms with Crippen molar-refractivity contribution in [3.8, 4) is 0 Å². The summed E-state index contributed by atoms with van der Waals surface area (Å²) < 4.78 is 5.68. The standard InChI is InChI=1S/C16H21NO4S2/c1-16(2,3)14(20)17-10(13(18)19)8-9-21-15-22-11-6-4-5-7-12(11)23-15/h4-7,10,15H,8-9H2,1-3H3,(H,17,20)(H,18,19).